The summed E-state index contributed by atoms with van der Waals surface area (Å²) in [5.41, 5.74) is 0. The Morgan fingerprint density at radius 1 is 1.09 bits per heavy atom. The van der Waals surface area contributed by atoms with Crippen molar-refractivity contribution in [2.45, 2.75) is 45.7 Å². The van der Waals surface area contributed by atoms with Gasteiger partial charge >= 0.3 is 0 Å². The molecule has 1 aliphatic carbocycles. The quantitative estimate of drug-likeness (QED) is 0.695. The van der Waals surface area contributed by atoms with Gasteiger partial charge in [0.25, 0.3) is 0 Å². The largest absolute Gasteiger partial charge is 0.352 e. The van der Waals surface area contributed by atoms with Crippen molar-refractivity contribution < 1.29 is 14.4 Å². The van der Waals surface area contributed by atoms with Gasteiger partial charge in [0.15, 0.2) is 0 Å². The zero-order valence-corrected chi connectivity index (χ0v) is 14.3. The molecule has 1 unspecified atom stereocenters. The number of nitrogens with one attached hydrogen (secondary N) is 2. The van der Waals surface area contributed by atoms with Gasteiger partial charge in [-0.05, 0) is 18.8 Å². The van der Waals surface area contributed by atoms with Gasteiger partial charge in [0.05, 0.1) is 6.54 Å². The van der Waals surface area contributed by atoms with E-state index in [0.29, 0.717) is 38.8 Å². The predicted octanol–water partition coefficient (Wildman–Crippen LogP) is -0.430. The molecule has 0 bridgehead atoms. The minimum absolute atomic E-state index is 0.0303. The molecule has 0 aromatic heterocycles. The Hall–Kier alpha value is -1.63. The molecule has 1 saturated carbocycles. The van der Waals surface area contributed by atoms with Crippen LogP contribution in [0, 0.1) is 5.92 Å². The van der Waals surface area contributed by atoms with Crippen LogP contribution in [-0.2, 0) is 14.4 Å². The second-order valence-corrected chi connectivity index (χ2v) is 6.87. The number of nitrogens with zero attached hydrogens (tertiary/aromatic N) is 2. The van der Waals surface area contributed by atoms with Gasteiger partial charge in [0, 0.05) is 39.1 Å². The number of piperazine rings is 1. The lowest BCUT2D eigenvalue weighted by Gasteiger charge is -2.37. The average molecular weight is 324 g/mol. The molecule has 0 radical (unpaired) electrons. The highest BCUT2D eigenvalue weighted by Gasteiger charge is 2.31. The van der Waals surface area contributed by atoms with E-state index in [0.717, 1.165) is 12.8 Å². The van der Waals surface area contributed by atoms with Crippen LogP contribution in [0.5, 0.6) is 0 Å². The van der Waals surface area contributed by atoms with E-state index < -0.39 is 6.04 Å². The Bertz CT molecular complexity index is 454. The molecule has 3 amide bonds. The van der Waals surface area contributed by atoms with E-state index in [1.54, 1.807) is 4.90 Å². The van der Waals surface area contributed by atoms with E-state index in [1.165, 1.54) is 6.92 Å². The standard InChI is InChI=1S/C16H28N4O3/c1-11(2)15(17-12(3)21)16(23)20-8-6-19(7-9-20)10-14(22)18-13-4-5-13/h11,13,15H,4-10H2,1-3H3,(H,17,21)(H,18,22). The summed E-state index contributed by atoms with van der Waals surface area (Å²) in [6, 6.07) is -0.0907. The smallest absolute Gasteiger partial charge is 0.245 e. The first-order valence-electron chi connectivity index (χ1n) is 8.44. The molecule has 2 N–H and O–H groups in total. The molecule has 2 fully saturated rings. The molecule has 1 atom stereocenters. The second-order valence-electron chi connectivity index (χ2n) is 6.87. The first-order chi connectivity index (χ1) is 10.9. The average Bonchev–Trinajstić information content (AvgIpc) is 3.28. The summed E-state index contributed by atoms with van der Waals surface area (Å²) in [4.78, 5) is 39.5. The fraction of sp³-hybridized carbons (Fsp3) is 0.812. The van der Waals surface area contributed by atoms with E-state index in [9.17, 15) is 14.4 Å². The summed E-state index contributed by atoms with van der Waals surface area (Å²) in [6.07, 6.45) is 2.18. The van der Waals surface area contributed by atoms with Crippen molar-refractivity contribution in [1.29, 1.82) is 0 Å². The second kappa shape index (κ2) is 7.77. The van der Waals surface area contributed by atoms with Crippen LogP contribution >= 0.6 is 0 Å². The fourth-order valence-electron chi connectivity index (χ4n) is 2.76. The van der Waals surface area contributed by atoms with Crippen LogP contribution in [0.1, 0.15) is 33.6 Å². The molecule has 2 aliphatic rings. The third-order valence-electron chi connectivity index (χ3n) is 4.29. The highest BCUT2D eigenvalue weighted by molar-refractivity contribution is 5.87. The van der Waals surface area contributed by atoms with Gasteiger partial charge in [-0.1, -0.05) is 13.8 Å². The maximum atomic E-state index is 12.6. The number of hydrogen-bond donors (Lipinski definition) is 2. The molecule has 130 valence electrons. The third kappa shape index (κ3) is 5.49. The Balaban J connectivity index is 1.78. The van der Waals surface area contributed by atoms with Crippen LogP contribution in [-0.4, -0.2) is 72.3 Å². The lowest BCUT2D eigenvalue weighted by atomic mass is 10.0. The van der Waals surface area contributed by atoms with Crippen molar-refractivity contribution in [3.05, 3.63) is 0 Å². The first kappa shape index (κ1) is 17.7. The molecule has 7 nitrogen and oxygen atoms in total. The van der Waals surface area contributed by atoms with Crippen LogP contribution < -0.4 is 10.6 Å². The van der Waals surface area contributed by atoms with Crippen LogP contribution in [0.15, 0.2) is 0 Å². The lowest BCUT2D eigenvalue weighted by molar-refractivity contribution is -0.139. The zero-order valence-electron chi connectivity index (χ0n) is 14.3. The van der Waals surface area contributed by atoms with Gasteiger partial charge in [0.2, 0.25) is 17.7 Å². The van der Waals surface area contributed by atoms with Crippen molar-refractivity contribution >= 4 is 17.7 Å². The fourth-order valence-corrected chi connectivity index (χ4v) is 2.76. The highest BCUT2D eigenvalue weighted by Crippen LogP contribution is 2.18. The Kier molecular flexibility index (Phi) is 5.98. The molecule has 0 aromatic rings. The Morgan fingerprint density at radius 2 is 1.70 bits per heavy atom. The van der Waals surface area contributed by atoms with Gasteiger partial charge in [-0.15, -0.1) is 0 Å². The van der Waals surface area contributed by atoms with Crippen molar-refractivity contribution in [2.24, 2.45) is 5.92 Å². The van der Waals surface area contributed by atoms with Crippen molar-refractivity contribution in [3.8, 4) is 0 Å². The molecule has 23 heavy (non-hydrogen) atoms. The summed E-state index contributed by atoms with van der Waals surface area (Å²) >= 11 is 0. The minimum Gasteiger partial charge on any atom is -0.352 e. The van der Waals surface area contributed by atoms with Crippen molar-refractivity contribution in [1.82, 2.24) is 20.4 Å². The Morgan fingerprint density at radius 3 is 2.17 bits per heavy atom. The monoisotopic (exact) mass is 324 g/mol. The number of hydrogen-bond acceptors (Lipinski definition) is 4. The van der Waals surface area contributed by atoms with E-state index in [4.69, 9.17) is 0 Å². The van der Waals surface area contributed by atoms with Crippen LogP contribution in [0.2, 0.25) is 0 Å². The molecule has 2 rings (SSSR count). The summed E-state index contributed by atoms with van der Waals surface area (Å²) in [5.74, 6) is -0.0935. The van der Waals surface area contributed by atoms with Gasteiger partial charge in [0.1, 0.15) is 6.04 Å². The number of rotatable bonds is 6. The molecule has 1 heterocycles. The van der Waals surface area contributed by atoms with Gasteiger partial charge < -0.3 is 15.5 Å². The maximum absolute atomic E-state index is 12.6. The topological polar surface area (TPSA) is 81.8 Å². The van der Waals surface area contributed by atoms with Crippen molar-refractivity contribution in [3.63, 3.8) is 0 Å². The molecular formula is C16H28N4O3. The third-order valence-corrected chi connectivity index (χ3v) is 4.29. The number of carbonyl (C=O) groups excluding carboxylic acids is 3. The number of amides is 3. The van der Waals surface area contributed by atoms with Gasteiger partial charge in [-0.25, -0.2) is 0 Å². The molecule has 0 aromatic carbocycles. The first-order valence-corrected chi connectivity index (χ1v) is 8.44. The van der Waals surface area contributed by atoms with Crippen LogP contribution in [0.3, 0.4) is 0 Å². The molecule has 0 spiro atoms. The summed E-state index contributed by atoms with van der Waals surface area (Å²) < 4.78 is 0. The molecule has 7 heteroatoms. The lowest BCUT2D eigenvalue weighted by Crippen LogP contribution is -2.57. The Labute approximate surface area is 137 Å². The van der Waals surface area contributed by atoms with Crippen LogP contribution in [0.25, 0.3) is 0 Å². The zero-order chi connectivity index (χ0) is 17.0. The van der Waals surface area contributed by atoms with Crippen molar-refractivity contribution in [2.75, 3.05) is 32.7 Å². The SMILES string of the molecule is CC(=O)NC(C(=O)N1CCN(CC(=O)NC2CC2)CC1)C(C)C. The number of carbonyl (C=O) groups is 3. The van der Waals surface area contributed by atoms with Gasteiger partial charge in [-0.3, -0.25) is 19.3 Å². The predicted molar refractivity (Wildman–Crippen MR) is 86.6 cm³/mol. The molecular weight excluding hydrogens is 296 g/mol. The molecule has 1 aliphatic heterocycles. The van der Waals surface area contributed by atoms with E-state index in [-0.39, 0.29) is 23.6 Å². The minimum atomic E-state index is -0.475. The highest BCUT2D eigenvalue weighted by atomic mass is 16.2. The van der Waals surface area contributed by atoms with E-state index in [2.05, 4.69) is 15.5 Å². The summed E-state index contributed by atoms with van der Waals surface area (Å²) in [5, 5.41) is 5.72. The maximum Gasteiger partial charge on any atom is 0.245 e. The van der Waals surface area contributed by atoms with Gasteiger partial charge in [-0.2, -0.15) is 0 Å². The van der Waals surface area contributed by atoms with E-state index in [1.807, 2.05) is 13.8 Å². The molecule has 1 saturated heterocycles. The normalized spacial score (nSPS) is 20.3. The van der Waals surface area contributed by atoms with Crippen LogP contribution in [0.4, 0.5) is 0 Å². The summed E-state index contributed by atoms with van der Waals surface area (Å²) in [7, 11) is 0. The van der Waals surface area contributed by atoms with E-state index >= 15 is 0 Å². The summed E-state index contributed by atoms with van der Waals surface area (Å²) in [6.45, 7) is 8.25.